The molecule has 8 nitrogen and oxygen atoms in total. The number of aliphatic carboxylic acids is 4. The third-order valence-electron chi connectivity index (χ3n) is 0. The van der Waals surface area contributed by atoms with Crippen molar-refractivity contribution in [3.8, 4) is 0 Å². The number of hydrogen-bond donors (Lipinski definition) is 4. The van der Waals surface area contributed by atoms with Gasteiger partial charge >= 0.3 is 0 Å². The lowest BCUT2D eigenvalue weighted by Gasteiger charge is -1.59. The summed E-state index contributed by atoms with van der Waals surface area (Å²) in [4.78, 5) is 36.0. The normalized spacial score (nSPS) is 5.88. The van der Waals surface area contributed by atoms with Crippen molar-refractivity contribution in [2.45, 2.75) is 27.7 Å². The van der Waals surface area contributed by atoms with Crippen LogP contribution in [0.2, 0.25) is 0 Å². The quantitative estimate of drug-likeness (QED) is 0.462. The fourth-order valence-electron chi connectivity index (χ4n) is 0. The third kappa shape index (κ3) is 1200. The zero-order valence-electron chi connectivity index (χ0n) is 9.83. The monoisotopic (exact) mass is 368 g/mol. The molecular formula is C8H17IO8. The number of carboxylic acid groups (broad SMARTS) is 4. The summed E-state index contributed by atoms with van der Waals surface area (Å²) in [7, 11) is 0. The van der Waals surface area contributed by atoms with Gasteiger partial charge in [-0.2, -0.15) is 0 Å². The van der Waals surface area contributed by atoms with Gasteiger partial charge in [-0.3, -0.25) is 19.2 Å². The maximum Gasteiger partial charge on any atom is 0.300 e. The minimum absolute atomic E-state index is 0. The molecule has 0 saturated heterocycles. The molecule has 0 saturated carbocycles. The number of carbonyl (C=O) groups is 4. The van der Waals surface area contributed by atoms with Crippen LogP contribution < -0.4 is 0 Å². The van der Waals surface area contributed by atoms with Gasteiger partial charge in [0.2, 0.25) is 0 Å². The average molecular weight is 368 g/mol. The Bertz CT molecular complexity index is 162. The van der Waals surface area contributed by atoms with E-state index in [9.17, 15) is 0 Å². The summed E-state index contributed by atoms with van der Waals surface area (Å²) in [6.07, 6.45) is 0. The van der Waals surface area contributed by atoms with Gasteiger partial charge in [0.15, 0.2) is 0 Å². The van der Waals surface area contributed by atoms with Gasteiger partial charge in [-0.25, -0.2) is 0 Å². The molecule has 0 aromatic rings. The van der Waals surface area contributed by atoms with Gasteiger partial charge in [-0.15, -0.1) is 24.0 Å². The molecule has 0 aromatic carbocycles. The summed E-state index contributed by atoms with van der Waals surface area (Å²) >= 11 is 0. The molecule has 4 N–H and O–H groups in total. The number of halogens is 1. The number of rotatable bonds is 0. The molecule has 104 valence electrons. The Balaban J connectivity index is -0.0000000369. The predicted octanol–water partition coefficient (Wildman–Crippen LogP) is 0.982. The van der Waals surface area contributed by atoms with Crippen LogP contribution in [0.1, 0.15) is 27.7 Å². The van der Waals surface area contributed by atoms with Crippen LogP contribution in [-0.2, 0) is 19.2 Å². The van der Waals surface area contributed by atoms with E-state index < -0.39 is 23.9 Å². The molecule has 0 bridgehead atoms. The molecule has 0 heterocycles. The molecule has 0 rings (SSSR count). The van der Waals surface area contributed by atoms with Crippen LogP contribution in [0.15, 0.2) is 0 Å². The molecule has 0 aliphatic heterocycles. The van der Waals surface area contributed by atoms with Gasteiger partial charge in [0, 0.05) is 27.7 Å². The zero-order valence-corrected chi connectivity index (χ0v) is 12.2. The first-order valence-electron chi connectivity index (χ1n) is 3.71. The summed E-state index contributed by atoms with van der Waals surface area (Å²) in [5.41, 5.74) is 0. The van der Waals surface area contributed by atoms with Crippen LogP contribution in [0.4, 0.5) is 0 Å². The molecule has 0 radical (unpaired) electrons. The van der Waals surface area contributed by atoms with Crippen LogP contribution in [0.25, 0.3) is 0 Å². The molecular weight excluding hydrogens is 351 g/mol. The van der Waals surface area contributed by atoms with Crippen molar-refractivity contribution < 1.29 is 39.6 Å². The highest BCUT2D eigenvalue weighted by Crippen LogP contribution is 1.43. The number of carboxylic acids is 4. The van der Waals surface area contributed by atoms with E-state index in [1.807, 2.05) is 0 Å². The summed E-state index contributed by atoms with van der Waals surface area (Å²) in [5.74, 6) is -3.33. The molecule has 0 fully saturated rings. The lowest BCUT2D eigenvalue weighted by atomic mass is 10.9. The Morgan fingerprint density at radius 3 is 0.529 bits per heavy atom. The summed E-state index contributed by atoms with van der Waals surface area (Å²) in [6, 6.07) is 0. The standard InChI is InChI=1S/4C2H4O2.HI/c4*1-2(3)4;/h4*1H3,(H,3,4);1H. The molecule has 0 spiro atoms. The van der Waals surface area contributed by atoms with Crippen molar-refractivity contribution in [1.82, 2.24) is 0 Å². The van der Waals surface area contributed by atoms with Gasteiger partial charge in [0.25, 0.3) is 23.9 Å². The summed E-state index contributed by atoms with van der Waals surface area (Å²) in [6.45, 7) is 4.33. The third-order valence-corrected chi connectivity index (χ3v) is 0. The Labute approximate surface area is 115 Å². The molecule has 0 aromatic heterocycles. The minimum Gasteiger partial charge on any atom is -0.481 e. The van der Waals surface area contributed by atoms with Crippen LogP contribution >= 0.6 is 24.0 Å². The zero-order chi connectivity index (χ0) is 14.3. The molecule has 0 aliphatic rings. The Hall–Kier alpha value is -1.39. The van der Waals surface area contributed by atoms with Crippen LogP contribution in [0.5, 0.6) is 0 Å². The first-order chi connectivity index (χ1) is 6.93. The Morgan fingerprint density at radius 2 is 0.529 bits per heavy atom. The molecule has 0 aliphatic carbocycles. The lowest BCUT2D eigenvalue weighted by molar-refractivity contribution is -0.135. The Morgan fingerprint density at radius 1 is 0.529 bits per heavy atom. The van der Waals surface area contributed by atoms with Crippen LogP contribution in [0, 0.1) is 0 Å². The maximum atomic E-state index is 9.00. The molecule has 0 atom stereocenters. The fourth-order valence-corrected chi connectivity index (χ4v) is 0. The van der Waals surface area contributed by atoms with E-state index in [4.69, 9.17) is 39.6 Å². The van der Waals surface area contributed by atoms with E-state index in [1.54, 1.807) is 0 Å². The van der Waals surface area contributed by atoms with E-state index in [0.717, 1.165) is 27.7 Å². The van der Waals surface area contributed by atoms with Gasteiger partial charge in [0.05, 0.1) is 0 Å². The highest BCUT2D eigenvalue weighted by Gasteiger charge is 1.66. The summed E-state index contributed by atoms with van der Waals surface area (Å²) < 4.78 is 0. The predicted molar refractivity (Wildman–Crippen MR) is 68.7 cm³/mol. The van der Waals surface area contributed by atoms with Crippen LogP contribution in [-0.4, -0.2) is 44.3 Å². The van der Waals surface area contributed by atoms with Gasteiger partial charge in [0.1, 0.15) is 0 Å². The lowest BCUT2D eigenvalue weighted by Crippen LogP contribution is -1.78. The van der Waals surface area contributed by atoms with Crippen molar-refractivity contribution in [2.24, 2.45) is 0 Å². The minimum atomic E-state index is -0.833. The van der Waals surface area contributed by atoms with Gasteiger partial charge < -0.3 is 20.4 Å². The second-order valence-electron chi connectivity index (χ2n) is 2.08. The highest BCUT2D eigenvalue weighted by molar-refractivity contribution is 14.0. The second kappa shape index (κ2) is 24.0. The number of hydrogen-bond acceptors (Lipinski definition) is 4. The molecule has 17 heavy (non-hydrogen) atoms. The van der Waals surface area contributed by atoms with Crippen molar-refractivity contribution in [3.63, 3.8) is 0 Å². The van der Waals surface area contributed by atoms with E-state index in [0.29, 0.717) is 0 Å². The van der Waals surface area contributed by atoms with E-state index in [-0.39, 0.29) is 24.0 Å². The highest BCUT2D eigenvalue weighted by atomic mass is 127. The smallest absolute Gasteiger partial charge is 0.300 e. The first kappa shape index (κ1) is 29.6. The van der Waals surface area contributed by atoms with E-state index in [1.165, 1.54) is 0 Å². The maximum absolute atomic E-state index is 9.00. The second-order valence-corrected chi connectivity index (χ2v) is 2.08. The van der Waals surface area contributed by atoms with Crippen molar-refractivity contribution in [2.75, 3.05) is 0 Å². The Kier molecular flexibility index (Phi) is 41.9. The molecule has 0 amide bonds. The van der Waals surface area contributed by atoms with Gasteiger partial charge in [-0.1, -0.05) is 0 Å². The molecule has 9 heteroatoms. The SMILES string of the molecule is CC(=O)O.CC(=O)O.CC(=O)O.CC(=O)O.I. The summed E-state index contributed by atoms with van der Waals surface area (Å²) in [5, 5.41) is 29.7. The molecule has 0 unspecified atom stereocenters. The van der Waals surface area contributed by atoms with Gasteiger partial charge in [-0.05, 0) is 0 Å². The average Bonchev–Trinajstić information content (AvgIpc) is 1.76. The van der Waals surface area contributed by atoms with E-state index in [2.05, 4.69) is 0 Å². The van der Waals surface area contributed by atoms with Crippen molar-refractivity contribution in [3.05, 3.63) is 0 Å². The largest absolute Gasteiger partial charge is 0.481 e. The van der Waals surface area contributed by atoms with E-state index >= 15 is 0 Å². The topological polar surface area (TPSA) is 149 Å². The fraction of sp³-hybridized carbons (Fsp3) is 0.500. The first-order valence-corrected chi connectivity index (χ1v) is 3.71. The van der Waals surface area contributed by atoms with Crippen molar-refractivity contribution >= 4 is 47.9 Å². The van der Waals surface area contributed by atoms with Crippen LogP contribution in [0.3, 0.4) is 0 Å². The van der Waals surface area contributed by atoms with Crippen molar-refractivity contribution in [1.29, 1.82) is 0 Å².